The predicted molar refractivity (Wildman–Crippen MR) is 95.1 cm³/mol. The Bertz CT molecular complexity index is 647. The second kappa shape index (κ2) is 8.37. The number of hydrogen-bond donors (Lipinski definition) is 1. The first-order valence-electron chi connectivity index (χ1n) is 8.17. The first-order chi connectivity index (χ1) is 11.1. The van der Waals surface area contributed by atoms with Crippen LogP contribution in [0.1, 0.15) is 36.5 Å². The number of unbranched alkanes of at least 4 members (excludes halogenated alkanes) is 1. The van der Waals surface area contributed by atoms with Crippen LogP contribution in [-0.4, -0.2) is 12.5 Å². The minimum Gasteiger partial charge on any atom is -0.483 e. The van der Waals surface area contributed by atoms with Crippen LogP contribution in [0.2, 0.25) is 0 Å². The molecule has 0 atom stereocenters. The van der Waals surface area contributed by atoms with Gasteiger partial charge in [-0.05, 0) is 56.0 Å². The van der Waals surface area contributed by atoms with Crippen molar-refractivity contribution in [3.05, 3.63) is 59.2 Å². The molecule has 0 saturated heterocycles. The van der Waals surface area contributed by atoms with E-state index < -0.39 is 0 Å². The molecular formula is C20H25NO2. The molecule has 0 unspecified atom stereocenters. The fourth-order valence-corrected chi connectivity index (χ4v) is 2.44. The second-order valence-electron chi connectivity index (χ2n) is 5.91. The average molecular weight is 311 g/mol. The number of ether oxygens (including phenoxy) is 1. The topological polar surface area (TPSA) is 38.3 Å². The van der Waals surface area contributed by atoms with Crippen molar-refractivity contribution in [3.8, 4) is 5.75 Å². The summed E-state index contributed by atoms with van der Waals surface area (Å²) in [5.74, 6) is 0.604. The SMILES string of the molecule is CCCCc1ccc(NC(=O)COc2ccc(C)cc2C)cc1. The molecule has 3 heteroatoms. The Kier molecular flexibility index (Phi) is 6.21. The van der Waals surface area contributed by atoms with Gasteiger partial charge in [-0.15, -0.1) is 0 Å². The van der Waals surface area contributed by atoms with Crippen molar-refractivity contribution < 1.29 is 9.53 Å². The van der Waals surface area contributed by atoms with Crippen LogP contribution < -0.4 is 10.1 Å². The molecule has 23 heavy (non-hydrogen) atoms. The van der Waals surface area contributed by atoms with Crippen molar-refractivity contribution in [3.63, 3.8) is 0 Å². The van der Waals surface area contributed by atoms with Crippen LogP contribution in [-0.2, 0) is 11.2 Å². The lowest BCUT2D eigenvalue weighted by molar-refractivity contribution is -0.118. The average Bonchev–Trinajstić information content (AvgIpc) is 2.53. The number of benzene rings is 2. The van der Waals surface area contributed by atoms with E-state index in [1.807, 2.05) is 44.2 Å². The van der Waals surface area contributed by atoms with Crippen LogP contribution >= 0.6 is 0 Å². The molecule has 0 aliphatic rings. The molecule has 0 heterocycles. The lowest BCUT2D eigenvalue weighted by atomic mass is 10.1. The van der Waals surface area contributed by atoms with Crippen LogP contribution in [0, 0.1) is 13.8 Å². The summed E-state index contributed by atoms with van der Waals surface area (Å²) in [4.78, 5) is 12.0. The summed E-state index contributed by atoms with van der Waals surface area (Å²) in [7, 11) is 0. The van der Waals surface area contributed by atoms with Crippen molar-refractivity contribution in [2.45, 2.75) is 40.0 Å². The maximum Gasteiger partial charge on any atom is 0.262 e. The summed E-state index contributed by atoms with van der Waals surface area (Å²) in [6.45, 7) is 6.22. The fourth-order valence-electron chi connectivity index (χ4n) is 2.44. The third-order valence-corrected chi connectivity index (χ3v) is 3.75. The Morgan fingerprint density at radius 2 is 1.83 bits per heavy atom. The van der Waals surface area contributed by atoms with Gasteiger partial charge in [-0.25, -0.2) is 0 Å². The molecule has 2 rings (SSSR count). The highest BCUT2D eigenvalue weighted by atomic mass is 16.5. The second-order valence-corrected chi connectivity index (χ2v) is 5.91. The maximum atomic E-state index is 12.0. The molecule has 0 spiro atoms. The van der Waals surface area contributed by atoms with E-state index in [1.54, 1.807) is 0 Å². The van der Waals surface area contributed by atoms with E-state index in [2.05, 4.69) is 24.4 Å². The summed E-state index contributed by atoms with van der Waals surface area (Å²) in [5.41, 5.74) is 4.33. The van der Waals surface area contributed by atoms with Gasteiger partial charge in [0.2, 0.25) is 0 Å². The maximum absolute atomic E-state index is 12.0. The summed E-state index contributed by atoms with van der Waals surface area (Å²) in [5, 5.41) is 2.86. The van der Waals surface area contributed by atoms with Crippen molar-refractivity contribution in [1.29, 1.82) is 0 Å². The van der Waals surface area contributed by atoms with Gasteiger partial charge in [-0.3, -0.25) is 4.79 Å². The van der Waals surface area contributed by atoms with Crippen molar-refractivity contribution in [2.75, 3.05) is 11.9 Å². The minimum atomic E-state index is -0.147. The molecule has 2 aromatic carbocycles. The standard InChI is InChI=1S/C20H25NO2/c1-4-5-6-17-8-10-18(11-9-17)21-20(22)14-23-19-12-7-15(2)13-16(19)3/h7-13H,4-6,14H2,1-3H3,(H,21,22). The van der Waals surface area contributed by atoms with Gasteiger partial charge < -0.3 is 10.1 Å². The van der Waals surface area contributed by atoms with Crippen molar-refractivity contribution in [1.82, 2.24) is 0 Å². The summed E-state index contributed by atoms with van der Waals surface area (Å²) < 4.78 is 5.59. The molecule has 0 aliphatic heterocycles. The molecule has 1 amide bonds. The number of anilines is 1. The molecule has 1 N–H and O–H groups in total. The lowest BCUT2D eigenvalue weighted by Gasteiger charge is -2.10. The minimum absolute atomic E-state index is 0.0154. The number of carbonyl (C=O) groups is 1. The molecule has 0 aliphatic carbocycles. The molecule has 0 bridgehead atoms. The molecule has 0 saturated carbocycles. The molecule has 0 aromatic heterocycles. The van der Waals surface area contributed by atoms with Crippen molar-refractivity contribution in [2.24, 2.45) is 0 Å². The lowest BCUT2D eigenvalue weighted by Crippen LogP contribution is -2.20. The first kappa shape index (κ1) is 17.1. The Morgan fingerprint density at radius 3 is 2.48 bits per heavy atom. The summed E-state index contributed by atoms with van der Waals surface area (Å²) in [6, 6.07) is 13.9. The zero-order valence-electron chi connectivity index (χ0n) is 14.2. The van der Waals surface area contributed by atoms with E-state index >= 15 is 0 Å². The van der Waals surface area contributed by atoms with Crippen LogP contribution in [0.25, 0.3) is 0 Å². The van der Waals surface area contributed by atoms with Crippen LogP contribution in [0.3, 0.4) is 0 Å². The Labute approximate surface area is 138 Å². The molecular weight excluding hydrogens is 286 g/mol. The molecule has 3 nitrogen and oxygen atoms in total. The summed E-state index contributed by atoms with van der Waals surface area (Å²) >= 11 is 0. The Hall–Kier alpha value is -2.29. The molecule has 0 radical (unpaired) electrons. The third kappa shape index (κ3) is 5.44. The third-order valence-electron chi connectivity index (χ3n) is 3.75. The predicted octanol–water partition coefficient (Wildman–Crippen LogP) is 4.66. The van der Waals surface area contributed by atoms with Gasteiger partial charge in [-0.2, -0.15) is 0 Å². The number of hydrogen-bond acceptors (Lipinski definition) is 2. The van der Waals surface area contributed by atoms with Crippen LogP contribution in [0.4, 0.5) is 5.69 Å². The van der Waals surface area contributed by atoms with Gasteiger partial charge in [0.15, 0.2) is 6.61 Å². The Balaban J connectivity index is 1.84. The van der Waals surface area contributed by atoms with Gasteiger partial charge >= 0.3 is 0 Å². The van der Waals surface area contributed by atoms with Gasteiger partial charge in [0, 0.05) is 5.69 Å². The van der Waals surface area contributed by atoms with Crippen LogP contribution in [0.15, 0.2) is 42.5 Å². The van der Waals surface area contributed by atoms with E-state index in [4.69, 9.17) is 4.74 Å². The number of amides is 1. The van der Waals surface area contributed by atoms with E-state index in [0.29, 0.717) is 0 Å². The fraction of sp³-hybridized carbons (Fsp3) is 0.350. The zero-order valence-corrected chi connectivity index (χ0v) is 14.2. The quantitative estimate of drug-likeness (QED) is 0.807. The highest BCUT2D eigenvalue weighted by Gasteiger charge is 2.06. The normalized spacial score (nSPS) is 10.4. The molecule has 2 aromatic rings. The Morgan fingerprint density at radius 1 is 1.09 bits per heavy atom. The van der Waals surface area contributed by atoms with Gasteiger partial charge in [-0.1, -0.05) is 43.2 Å². The van der Waals surface area contributed by atoms with Crippen molar-refractivity contribution >= 4 is 11.6 Å². The summed E-state index contributed by atoms with van der Waals surface area (Å²) in [6.07, 6.45) is 3.46. The van der Waals surface area contributed by atoms with Gasteiger partial charge in [0.05, 0.1) is 0 Å². The molecule has 122 valence electrons. The highest BCUT2D eigenvalue weighted by molar-refractivity contribution is 5.91. The monoisotopic (exact) mass is 311 g/mol. The zero-order chi connectivity index (χ0) is 16.7. The number of aryl methyl sites for hydroxylation is 3. The highest BCUT2D eigenvalue weighted by Crippen LogP contribution is 2.18. The largest absolute Gasteiger partial charge is 0.483 e. The molecule has 0 fully saturated rings. The van der Waals surface area contributed by atoms with Gasteiger partial charge in [0.25, 0.3) is 5.91 Å². The first-order valence-corrected chi connectivity index (χ1v) is 8.17. The van der Waals surface area contributed by atoms with E-state index in [1.165, 1.54) is 24.0 Å². The smallest absolute Gasteiger partial charge is 0.262 e. The number of carbonyl (C=O) groups excluding carboxylic acids is 1. The number of nitrogens with one attached hydrogen (secondary N) is 1. The van der Waals surface area contributed by atoms with E-state index in [0.717, 1.165) is 23.4 Å². The number of rotatable bonds is 7. The van der Waals surface area contributed by atoms with Crippen LogP contribution in [0.5, 0.6) is 5.75 Å². The van der Waals surface area contributed by atoms with E-state index in [9.17, 15) is 4.79 Å². The van der Waals surface area contributed by atoms with E-state index in [-0.39, 0.29) is 12.5 Å². The van der Waals surface area contributed by atoms with Gasteiger partial charge in [0.1, 0.15) is 5.75 Å².